The Hall–Kier alpha value is -2.48. The van der Waals surface area contributed by atoms with Crippen molar-refractivity contribution in [1.82, 2.24) is 5.32 Å². The highest BCUT2D eigenvalue weighted by atomic mass is 32.2. The van der Waals surface area contributed by atoms with Crippen LogP contribution in [-0.2, 0) is 9.59 Å². The van der Waals surface area contributed by atoms with E-state index in [-0.39, 0.29) is 17.6 Å². The molecule has 112 valence electrons. The van der Waals surface area contributed by atoms with E-state index < -0.39 is 6.17 Å². The van der Waals surface area contributed by atoms with Crippen LogP contribution in [0.15, 0.2) is 51.3 Å². The van der Waals surface area contributed by atoms with E-state index in [0.29, 0.717) is 10.7 Å². The molecular weight excluding hydrogens is 302 g/mol. The summed E-state index contributed by atoms with van der Waals surface area (Å²) < 4.78 is 0. The van der Waals surface area contributed by atoms with Gasteiger partial charge in [-0.3, -0.25) is 9.59 Å². The molecule has 2 heterocycles. The zero-order valence-electron chi connectivity index (χ0n) is 11.7. The molecule has 1 unspecified atom stereocenters. The summed E-state index contributed by atoms with van der Waals surface area (Å²) in [5.74, 6) is -0.290. The lowest BCUT2D eigenvalue weighted by Gasteiger charge is -2.16. The second-order valence-electron chi connectivity index (χ2n) is 4.78. The fraction of sp³-hybridized carbons (Fsp3) is 0.214. The first kappa shape index (κ1) is 14.5. The zero-order valence-corrected chi connectivity index (χ0v) is 12.6. The van der Waals surface area contributed by atoms with Gasteiger partial charge in [-0.2, -0.15) is 10.2 Å². The van der Waals surface area contributed by atoms with E-state index in [1.54, 1.807) is 0 Å². The number of fused-ring (bicyclic) bond motifs is 1. The smallest absolute Gasteiger partial charge is 0.258 e. The molecule has 0 aliphatic carbocycles. The Labute approximate surface area is 131 Å². The van der Waals surface area contributed by atoms with E-state index >= 15 is 0 Å². The number of amides is 2. The van der Waals surface area contributed by atoms with Gasteiger partial charge >= 0.3 is 0 Å². The van der Waals surface area contributed by atoms with Gasteiger partial charge in [0.1, 0.15) is 0 Å². The fourth-order valence-electron chi connectivity index (χ4n) is 1.91. The number of aliphatic imine (C=N–C) groups is 1. The highest BCUT2D eigenvalue weighted by molar-refractivity contribution is 8.14. The largest absolute Gasteiger partial charge is 0.325 e. The van der Waals surface area contributed by atoms with Crippen LogP contribution < -0.4 is 10.6 Å². The van der Waals surface area contributed by atoms with Gasteiger partial charge in [-0.15, -0.1) is 0 Å². The van der Waals surface area contributed by atoms with Crippen molar-refractivity contribution in [2.45, 2.75) is 13.1 Å². The number of carbonyl (C=O) groups is 2. The molecule has 2 aliphatic rings. The number of hydrogen-bond acceptors (Lipinski definition) is 6. The van der Waals surface area contributed by atoms with Crippen LogP contribution in [0.5, 0.6) is 0 Å². The van der Waals surface area contributed by atoms with Gasteiger partial charge in [0.2, 0.25) is 5.91 Å². The van der Waals surface area contributed by atoms with Crippen LogP contribution >= 0.6 is 11.8 Å². The van der Waals surface area contributed by atoms with Crippen LogP contribution in [0.3, 0.4) is 0 Å². The molecular formula is C14H13N5O2S. The van der Waals surface area contributed by atoms with Crippen molar-refractivity contribution < 1.29 is 9.59 Å². The van der Waals surface area contributed by atoms with Crippen molar-refractivity contribution in [3.8, 4) is 0 Å². The topological polar surface area (TPSA) is 95.3 Å². The third kappa shape index (κ3) is 3.22. The summed E-state index contributed by atoms with van der Waals surface area (Å²) >= 11 is 1.16. The number of aryl methyl sites for hydroxylation is 1. The molecule has 8 heteroatoms. The average molecular weight is 315 g/mol. The second-order valence-corrected chi connectivity index (χ2v) is 5.74. The van der Waals surface area contributed by atoms with Gasteiger partial charge in [-0.25, -0.2) is 4.99 Å². The van der Waals surface area contributed by atoms with Crippen molar-refractivity contribution in [3.05, 3.63) is 41.6 Å². The maximum absolute atomic E-state index is 11.9. The van der Waals surface area contributed by atoms with Crippen LogP contribution in [0.4, 0.5) is 5.69 Å². The average Bonchev–Trinajstić information content (AvgIpc) is 2.97. The summed E-state index contributed by atoms with van der Waals surface area (Å²) in [4.78, 5) is 27.9. The monoisotopic (exact) mass is 315 g/mol. The summed E-state index contributed by atoms with van der Waals surface area (Å²) in [6.07, 6.45) is 0.825. The third-order valence-corrected chi connectivity index (χ3v) is 3.94. The Kier molecular flexibility index (Phi) is 4.01. The molecule has 7 nitrogen and oxygen atoms in total. The minimum absolute atomic E-state index is 0.149. The summed E-state index contributed by atoms with van der Waals surface area (Å²) in [5, 5.41) is 13.3. The normalized spacial score (nSPS) is 19.1. The molecule has 2 aliphatic heterocycles. The van der Waals surface area contributed by atoms with Crippen molar-refractivity contribution in [3.63, 3.8) is 0 Å². The number of thioether (sulfide) groups is 1. The van der Waals surface area contributed by atoms with Crippen LogP contribution in [0.2, 0.25) is 0 Å². The van der Waals surface area contributed by atoms with Crippen molar-refractivity contribution in [2.24, 2.45) is 15.2 Å². The number of benzene rings is 1. The summed E-state index contributed by atoms with van der Waals surface area (Å²) in [5.41, 5.74) is 2.29. The molecule has 2 amide bonds. The van der Waals surface area contributed by atoms with Gasteiger partial charge in [-0.1, -0.05) is 29.5 Å². The molecule has 1 atom stereocenters. The van der Waals surface area contributed by atoms with Gasteiger partial charge in [0.25, 0.3) is 5.91 Å². The number of carbonyl (C=O) groups excluding carboxylic acids is 2. The maximum Gasteiger partial charge on any atom is 0.258 e. The Morgan fingerprint density at radius 1 is 1.36 bits per heavy atom. The molecule has 0 radical (unpaired) electrons. The molecule has 2 N–H and O–H groups in total. The number of hydrogen-bond donors (Lipinski definition) is 2. The molecule has 0 saturated heterocycles. The van der Waals surface area contributed by atoms with Gasteiger partial charge < -0.3 is 10.6 Å². The molecule has 0 saturated carbocycles. The SMILES string of the molecule is Cc1ccc(NC(=O)CSC2=NC3N=NC=C3C(=O)N2)cc1. The molecule has 1 aromatic rings. The highest BCUT2D eigenvalue weighted by Gasteiger charge is 2.29. The molecule has 22 heavy (non-hydrogen) atoms. The number of amidine groups is 1. The Bertz CT molecular complexity index is 708. The van der Waals surface area contributed by atoms with Crippen molar-refractivity contribution in [2.75, 3.05) is 11.1 Å². The maximum atomic E-state index is 11.9. The minimum atomic E-state index is -0.573. The summed E-state index contributed by atoms with van der Waals surface area (Å²) in [6, 6.07) is 7.53. The standard InChI is InChI=1S/C14H13N5O2S/c1-8-2-4-9(5-3-8)16-11(20)7-22-14-17-12-10(6-15-19-12)13(21)18-14/h2-6,12H,7H2,1H3,(H,16,20)(H,17,18,21). The summed E-state index contributed by atoms with van der Waals surface area (Å²) in [7, 11) is 0. The quantitative estimate of drug-likeness (QED) is 0.890. The first-order chi connectivity index (χ1) is 10.6. The lowest BCUT2D eigenvalue weighted by atomic mass is 10.2. The van der Waals surface area contributed by atoms with E-state index in [9.17, 15) is 9.59 Å². The van der Waals surface area contributed by atoms with E-state index in [1.807, 2.05) is 31.2 Å². The predicted molar refractivity (Wildman–Crippen MR) is 84.6 cm³/mol. The Balaban J connectivity index is 1.55. The highest BCUT2D eigenvalue weighted by Crippen LogP contribution is 2.22. The van der Waals surface area contributed by atoms with E-state index in [0.717, 1.165) is 23.0 Å². The number of anilines is 1. The second kappa shape index (κ2) is 6.10. The first-order valence-electron chi connectivity index (χ1n) is 6.60. The zero-order chi connectivity index (χ0) is 15.5. The molecule has 0 aromatic heterocycles. The van der Waals surface area contributed by atoms with Gasteiger partial charge in [0.05, 0.1) is 17.5 Å². The molecule has 0 fully saturated rings. The van der Waals surface area contributed by atoms with Crippen molar-refractivity contribution in [1.29, 1.82) is 0 Å². The molecule has 0 bridgehead atoms. The fourth-order valence-corrected chi connectivity index (χ4v) is 2.59. The number of nitrogens with one attached hydrogen (secondary N) is 2. The van der Waals surface area contributed by atoms with E-state index in [4.69, 9.17) is 0 Å². The number of nitrogens with zero attached hydrogens (tertiary/aromatic N) is 3. The third-order valence-electron chi connectivity index (χ3n) is 3.05. The minimum Gasteiger partial charge on any atom is -0.325 e. The molecule has 1 aromatic carbocycles. The van der Waals surface area contributed by atoms with Crippen LogP contribution in [0.1, 0.15) is 5.56 Å². The van der Waals surface area contributed by atoms with Crippen LogP contribution in [0.25, 0.3) is 0 Å². The van der Waals surface area contributed by atoms with E-state index in [2.05, 4.69) is 25.9 Å². The molecule has 0 spiro atoms. The Morgan fingerprint density at radius 2 is 2.14 bits per heavy atom. The number of azo groups is 1. The molecule has 3 rings (SSSR count). The first-order valence-corrected chi connectivity index (χ1v) is 7.59. The van der Waals surface area contributed by atoms with Crippen LogP contribution in [0, 0.1) is 6.92 Å². The Morgan fingerprint density at radius 3 is 2.91 bits per heavy atom. The summed E-state index contributed by atoms with van der Waals surface area (Å²) in [6.45, 7) is 1.98. The van der Waals surface area contributed by atoms with Gasteiger partial charge in [-0.05, 0) is 19.1 Å². The van der Waals surface area contributed by atoms with Gasteiger partial charge in [0, 0.05) is 5.69 Å². The van der Waals surface area contributed by atoms with Gasteiger partial charge in [0.15, 0.2) is 11.3 Å². The van der Waals surface area contributed by atoms with Crippen molar-refractivity contribution >= 4 is 34.4 Å². The lowest BCUT2D eigenvalue weighted by molar-refractivity contribution is -0.116. The predicted octanol–water partition coefficient (Wildman–Crippen LogP) is 1.83. The van der Waals surface area contributed by atoms with Crippen LogP contribution in [-0.4, -0.2) is 28.9 Å². The number of rotatable bonds is 3. The lowest BCUT2D eigenvalue weighted by Crippen LogP contribution is -2.38. The van der Waals surface area contributed by atoms with E-state index in [1.165, 1.54) is 6.20 Å².